The topological polar surface area (TPSA) is 43.8 Å². The Kier molecular flexibility index (Phi) is 4.83. The smallest absolute Gasteiger partial charge is 0.328 e. The molecule has 1 saturated heterocycles. The molecule has 0 spiro atoms. The summed E-state index contributed by atoms with van der Waals surface area (Å²) in [7, 11) is 4.20. The van der Waals surface area contributed by atoms with Crippen molar-refractivity contribution < 1.29 is 9.90 Å². The molecule has 0 bridgehead atoms. The summed E-state index contributed by atoms with van der Waals surface area (Å²) in [6, 6.07) is 6.55. The first-order chi connectivity index (χ1) is 9.47. The Morgan fingerprint density at radius 3 is 2.85 bits per heavy atom. The highest BCUT2D eigenvalue weighted by Gasteiger charge is 2.25. The highest BCUT2D eigenvalue weighted by Crippen LogP contribution is 2.29. The number of halogens is 1. The molecule has 1 aliphatic heterocycles. The normalized spacial score (nSPS) is 19.2. The molecular weight excluding hydrogens is 320 g/mol. The lowest BCUT2D eigenvalue weighted by Crippen LogP contribution is -2.31. The van der Waals surface area contributed by atoms with Crippen molar-refractivity contribution in [1.82, 2.24) is 4.90 Å². The van der Waals surface area contributed by atoms with Gasteiger partial charge in [-0.15, -0.1) is 0 Å². The van der Waals surface area contributed by atoms with Gasteiger partial charge in [-0.25, -0.2) is 4.79 Å². The second-order valence-electron chi connectivity index (χ2n) is 5.23. The Balaban J connectivity index is 2.25. The fraction of sp³-hybridized carbons (Fsp3) is 0.400. The van der Waals surface area contributed by atoms with Crippen LogP contribution in [-0.2, 0) is 4.79 Å². The van der Waals surface area contributed by atoms with E-state index in [1.54, 1.807) is 6.08 Å². The van der Waals surface area contributed by atoms with E-state index in [0.29, 0.717) is 6.04 Å². The van der Waals surface area contributed by atoms with Gasteiger partial charge in [-0.1, -0.05) is 15.9 Å². The molecule has 1 unspecified atom stereocenters. The van der Waals surface area contributed by atoms with Crippen molar-refractivity contribution in [2.75, 3.05) is 32.1 Å². The number of carbonyl (C=O) groups is 1. The lowest BCUT2D eigenvalue weighted by atomic mass is 10.1. The van der Waals surface area contributed by atoms with Crippen LogP contribution in [0, 0.1) is 0 Å². The third-order valence-electron chi connectivity index (χ3n) is 3.63. The van der Waals surface area contributed by atoms with Crippen LogP contribution in [0.1, 0.15) is 12.0 Å². The van der Waals surface area contributed by atoms with Gasteiger partial charge < -0.3 is 14.9 Å². The van der Waals surface area contributed by atoms with E-state index in [-0.39, 0.29) is 0 Å². The molecule has 2 rings (SSSR count). The van der Waals surface area contributed by atoms with Crippen molar-refractivity contribution >= 4 is 33.7 Å². The molecule has 0 amide bonds. The Hall–Kier alpha value is -1.33. The molecular formula is C15H19BrN2O2. The van der Waals surface area contributed by atoms with E-state index in [9.17, 15) is 4.79 Å². The Bertz CT molecular complexity index is 529. The zero-order valence-electron chi connectivity index (χ0n) is 11.7. The van der Waals surface area contributed by atoms with Gasteiger partial charge in [-0.05, 0) is 50.4 Å². The zero-order chi connectivity index (χ0) is 14.7. The van der Waals surface area contributed by atoms with E-state index in [4.69, 9.17) is 5.11 Å². The number of likely N-dealkylation sites (N-methyl/N-ethyl adjacent to an activating group) is 1. The monoisotopic (exact) mass is 338 g/mol. The molecule has 0 radical (unpaired) electrons. The molecule has 1 aliphatic rings. The minimum atomic E-state index is -0.927. The van der Waals surface area contributed by atoms with Crippen molar-refractivity contribution in [3.8, 4) is 0 Å². The minimum absolute atomic E-state index is 0.551. The maximum atomic E-state index is 10.7. The van der Waals surface area contributed by atoms with E-state index in [1.807, 2.05) is 18.2 Å². The van der Waals surface area contributed by atoms with Crippen LogP contribution in [0.2, 0.25) is 0 Å². The third kappa shape index (κ3) is 3.61. The molecule has 1 aromatic rings. The lowest BCUT2D eigenvalue weighted by molar-refractivity contribution is -0.131. The second kappa shape index (κ2) is 6.41. The van der Waals surface area contributed by atoms with Crippen LogP contribution in [0.3, 0.4) is 0 Å². The quantitative estimate of drug-likeness (QED) is 0.857. The lowest BCUT2D eigenvalue weighted by Gasteiger charge is -2.23. The predicted octanol–water partition coefficient (Wildman–Crippen LogP) is 2.69. The molecule has 1 N–H and O–H groups in total. The number of nitrogens with zero attached hydrogens (tertiary/aromatic N) is 2. The molecule has 5 heteroatoms. The fourth-order valence-corrected chi connectivity index (χ4v) is 2.87. The molecule has 1 atom stereocenters. The van der Waals surface area contributed by atoms with Crippen molar-refractivity contribution in [1.29, 1.82) is 0 Å². The highest BCUT2D eigenvalue weighted by atomic mass is 79.9. The highest BCUT2D eigenvalue weighted by molar-refractivity contribution is 9.10. The molecule has 20 heavy (non-hydrogen) atoms. The number of aliphatic carboxylic acids is 1. The van der Waals surface area contributed by atoms with Crippen LogP contribution in [0.5, 0.6) is 0 Å². The molecule has 108 valence electrons. The van der Waals surface area contributed by atoms with E-state index in [1.165, 1.54) is 6.08 Å². The first-order valence-corrected chi connectivity index (χ1v) is 7.38. The molecule has 0 saturated carbocycles. The number of hydrogen-bond donors (Lipinski definition) is 1. The average molecular weight is 339 g/mol. The van der Waals surface area contributed by atoms with Crippen LogP contribution in [-0.4, -0.2) is 49.2 Å². The number of benzene rings is 1. The van der Waals surface area contributed by atoms with Crippen LogP contribution in [0.15, 0.2) is 28.7 Å². The molecule has 4 nitrogen and oxygen atoms in total. The summed E-state index contributed by atoms with van der Waals surface area (Å²) in [6.07, 6.45) is 3.97. The summed E-state index contributed by atoms with van der Waals surface area (Å²) in [6.45, 7) is 1.97. The number of carboxylic acids is 1. The molecule has 0 aliphatic carbocycles. The number of anilines is 1. The van der Waals surface area contributed by atoms with Gasteiger partial charge in [0.1, 0.15) is 0 Å². The molecule has 1 heterocycles. The van der Waals surface area contributed by atoms with Crippen molar-refractivity contribution in [2.24, 2.45) is 0 Å². The van der Waals surface area contributed by atoms with E-state index < -0.39 is 5.97 Å². The van der Waals surface area contributed by atoms with Gasteiger partial charge in [0.25, 0.3) is 0 Å². The molecule has 0 aromatic heterocycles. The SMILES string of the molecule is CN(C)C1CCN(c2ccc(Br)cc2/C=C/C(=O)O)C1. The average Bonchev–Trinajstić information content (AvgIpc) is 2.86. The van der Waals surface area contributed by atoms with Crippen LogP contribution in [0.4, 0.5) is 5.69 Å². The van der Waals surface area contributed by atoms with Gasteiger partial charge in [0.15, 0.2) is 0 Å². The molecule has 1 aromatic carbocycles. The largest absolute Gasteiger partial charge is 0.478 e. The summed E-state index contributed by atoms with van der Waals surface area (Å²) < 4.78 is 0.953. The van der Waals surface area contributed by atoms with Gasteiger partial charge in [0, 0.05) is 35.4 Å². The summed E-state index contributed by atoms with van der Waals surface area (Å²) in [5, 5.41) is 8.80. The minimum Gasteiger partial charge on any atom is -0.478 e. The number of carboxylic acid groups (broad SMARTS) is 1. The van der Waals surface area contributed by atoms with E-state index >= 15 is 0 Å². The van der Waals surface area contributed by atoms with Crippen molar-refractivity contribution in [3.63, 3.8) is 0 Å². The maximum absolute atomic E-state index is 10.7. The van der Waals surface area contributed by atoms with Gasteiger partial charge in [0.2, 0.25) is 0 Å². The van der Waals surface area contributed by atoms with E-state index in [0.717, 1.165) is 35.2 Å². The number of hydrogen-bond acceptors (Lipinski definition) is 3. The van der Waals surface area contributed by atoms with Gasteiger partial charge in [-0.2, -0.15) is 0 Å². The summed E-state index contributed by atoms with van der Waals surface area (Å²) in [5.41, 5.74) is 2.02. The van der Waals surface area contributed by atoms with Crippen molar-refractivity contribution in [3.05, 3.63) is 34.3 Å². The van der Waals surface area contributed by atoms with Crippen LogP contribution >= 0.6 is 15.9 Å². The molecule has 1 fully saturated rings. The zero-order valence-corrected chi connectivity index (χ0v) is 13.3. The van der Waals surface area contributed by atoms with Crippen LogP contribution in [0.25, 0.3) is 6.08 Å². The van der Waals surface area contributed by atoms with Gasteiger partial charge in [-0.3, -0.25) is 0 Å². The standard InChI is InChI=1S/C15H19BrN2O2/c1-17(2)13-7-8-18(10-13)14-5-4-12(16)9-11(14)3-6-15(19)20/h3-6,9,13H,7-8,10H2,1-2H3,(H,19,20)/b6-3+. The maximum Gasteiger partial charge on any atom is 0.328 e. The summed E-state index contributed by atoms with van der Waals surface area (Å²) >= 11 is 3.44. The van der Waals surface area contributed by atoms with Gasteiger partial charge in [0.05, 0.1) is 0 Å². The van der Waals surface area contributed by atoms with Gasteiger partial charge >= 0.3 is 5.97 Å². The summed E-state index contributed by atoms with van der Waals surface area (Å²) in [5.74, 6) is -0.927. The first-order valence-electron chi connectivity index (χ1n) is 6.59. The first kappa shape index (κ1) is 15.1. The Labute approximate surface area is 127 Å². The predicted molar refractivity (Wildman–Crippen MR) is 85.1 cm³/mol. The van der Waals surface area contributed by atoms with Crippen LogP contribution < -0.4 is 4.90 Å². The fourth-order valence-electron chi connectivity index (χ4n) is 2.49. The Morgan fingerprint density at radius 1 is 1.50 bits per heavy atom. The van der Waals surface area contributed by atoms with Crippen molar-refractivity contribution in [2.45, 2.75) is 12.5 Å². The Morgan fingerprint density at radius 2 is 2.25 bits per heavy atom. The van der Waals surface area contributed by atoms with E-state index in [2.05, 4.69) is 39.8 Å². The third-order valence-corrected chi connectivity index (χ3v) is 4.12. The summed E-state index contributed by atoms with van der Waals surface area (Å²) in [4.78, 5) is 15.3. The second-order valence-corrected chi connectivity index (χ2v) is 6.14. The number of rotatable bonds is 4.